The zero-order valence-electron chi connectivity index (χ0n) is 11.1. The lowest BCUT2D eigenvalue weighted by Gasteiger charge is -2.12. The molecule has 0 aliphatic heterocycles. The van der Waals surface area contributed by atoms with Crippen molar-refractivity contribution < 1.29 is 14.9 Å². The number of nitrogens with one attached hydrogen (secondary N) is 1. The van der Waals surface area contributed by atoms with Crippen molar-refractivity contribution in [1.29, 1.82) is 0 Å². The topological polar surface area (TPSA) is 61.7 Å². The van der Waals surface area contributed by atoms with Crippen LogP contribution in [0.25, 0.3) is 0 Å². The van der Waals surface area contributed by atoms with Crippen molar-refractivity contribution in [2.24, 2.45) is 0 Å². The molecule has 2 rings (SSSR count). The first-order valence-corrected chi connectivity index (χ1v) is 6.65. The van der Waals surface area contributed by atoms with E-state index in [-0.39, 0.29) is 16.5 Å². The first-order chi connectivity index (χ1) is 9.61. The van der Waals surface area contributed by atoms with Gasteiger partial charge in [0, 0.05) is 17.8 Å². The molecular formula is C15H16ClNO3. The first-order valence-electron chi connectivity index (χ1n) is 6.28. The van der Waals surface area contributed by atoms with Crippen molar-refractivity contribution >= 4 is 17.3 Å². The van der Waals surface area contributed by atoms with Crippen LogP contribution < -0.4 is 10.1 Å². The number of hydrogen-bond donors (Lipinski definition) is 3. The average molecular weight is 294 g/mol. The van der Waals surface area contributed by atoms with Gasteiger partial charge in [-0.15, -0.1) is 0 Å². The van der Waals surface area contributed by atoms with E-state index in [0.717, 1.165) is 11.3 Å². The van der Waals surface area contributed by atoms with Crippen molar-refractivity contribution in [3.05, 3.63) is 47.0 Å². The van der Waals surface area contributed by atoms with E-state index in [2.05, 4.69) is 5.32 Å². The van der Waals surface area contributed by atoms with Crippen molar-refractivity contribution in [3.63, 3.8) is 0 Å². The number of hydrogen-bond acceptors (Lipinski definition) is 4. The Balaban J connectivity index is 2.10. The molecule has 0 heterocycles. The fourth-order valence-corrected chi connectivity index (χ4v) is 1.98. The molecule has 0 aliphatic carbocycles. The van der Waals surface area contributed by atoms with Crippen LogP contribution in [0.2, 0.25) is 5.02 Å². The van der Waals surface area contributed by atoms with Gasteiger partial charge in [0.05, 0.1) is 11.6 Å². The molecule has 0 radical (unpaired) electrons. The molecule has 2 aromatic rings. The second-order valence-electron chi connectivity index (χ2n) is 4.22. The van der Waals surface area contributed by atoms with Crippen molar-refractivity contribution in [1.82, 2.24) is 0 Å². The Bertz CT molecular complexity index is 602. The lowest BCUT2D eigenvalue weighted by molar-refractivity contribution is 0.317. The van der Waals surface area contributed by atoms with Crippen LogP contribution in [-0.4, -0.2) is 16.8 Å². The fraction of sp³-hybridized carbons (Fsp3) is 0.200. The Labute approximate surface area is 122 Å². The lowest BCUT2D eigenvalue weighted by Crippen LogP contribution is -2.01. The summed E-state index contributed by atoms with van der Waals surface area (Å²) >= 11 is 5.83. The molecule has 0 saturated carbocycles. The van der Waals surface area contributed by atoms with E-state index in [4.69, 9.17) is 16.3 Å². The van der Waals surface area contributed by atoms with Gasteiger partial charge < -0.3 is 20.3 Å². The normalized spacial score (nSPS) is 10.3. The second-order valence-corrected chi connectivity index (χ2v) is 4.62. The molecule has 2 aromatic carbocycles. The van der Waals surface area contributed by atoms with Gasteiger partial charge in [-0.05, 0) is 31.2 Å². The van der Waals surface area contributed by atoms with Crippen LogP contribution in [-0.2, 0) is 6.54 Å². The molecule has 0 saturated heterocycles. The molecule has 0 unspecified atom stereocenters. The highest BCUT2D eigenvalue weighted by Crippen LogP contribution is 2.31. The Hall–Kier alpha value is -2.07. The molecule has 3 N–H and O–H groups in total. The van der Waals surface area contributed by atoms with Crippen molar-refractivity contribution in [3.8, 4) is 17.2 Å². The number of halogens is 1. The van der Waals surface area contributed by atoms with E-state index in [1.165, 1.54) is 6.07 Å². The zero-order chi connectivity index (χ0) is 14.5. The molecule has 20 heavy (non-hydrogen) atoms. The van der Waals surface area contributed by atoms with Gasteiger partial charge in [-0.2, -0.15) is 0 Å². The quantitative estimate of drug-likeness (QED) is 0.735. The highest BCUT2D eigenvalue weighted by Gasteiger charge is 2.08. The van der Waals surface area contributed by atoms with E-state index in [1.807, 2.05) is 19.1 Å². The number of rotatable bonds is 5. The SMILES string of the molecule is CCOc1cccc(CNc2ccc(O)c(Cl)c2)c1O. The minimum Gasteiger partial charge on any atom is -0.506 e. The summed E-state index contributed by atoms with van der Waals surface area (Å²) in [4.78, 5) is 0. The number of anilines is 1. The number of phenols is 2. The van der Waals surface area contributed by atoms with Gasteiger partial charge in [-0.25, -0.2) is 0 Å². The summed E-state index contributed by atoms with van der Waals surface area (Å²) in [6, 6.07) is 10.2. The van der Waals surface area contributed by atoms with E-state index < -0.39 is 0 Å². The Morgan fingerprint density at radius 2 is 2.00 bits per heavy atom. The summed E-state index contributed by atoms with van der Waals surface area (Å²) in [5.74, 6) is 0.640. The maximum absolute atomic E-state index is 10.1. The smallest absolute Gasteiger partial charge is 0.162 e. The van der Waals surface area contributed by atoms with Gasteiger partial charge in [-0.1, -0.05) is 23.7 Å². The number of para-hydroxylation sites is 1. The summed E-state index contributed by atoms with van der Waals surface area (Å²) in [6.07, 6.45) is 0. The minimum atomic E-state index is 0.0402. The van der Waals surface area contributed by atoms with E-state index in [1.54, 1.807) is 18.2 Å². The van der Waals surface area contributed by atoms with Crippen LogP contribution in [0, 0.1) is 0 Å². The third-order valence-electron chi connectivity index (χ3n) is 2.81. The van der Waals surface area contributed by atoms with Crippen LogP contribution in [0.1, 0.15) is 12.5 Å². The number of benzene rings is 2. The molecule has 0 atom stereocenters. The Morgan fingerprint density at radius 3 is 2.70 bits per heavy atom. The number of phenolic OH excluding ortho intramolecular Hbond substituents is 2. The molecule has 0 aliphatic rings. The molecular weight excluding hydrogens is 278 g/mol. The van der Waals surface area contributed by atoms with Crippen molar-refractivity contribution in [2.45, 2.75) is 13.5 Å². The summed E-state index contributed by atoms with van der Waals surface area (Å²) in [5.41, 5.74) is 1.48. The molecule has 0 fully saturated rings. The molecule has 0 bridgehead atoms. The zero-order valence-corrected chi connectivity index (χ0v) is 11.8. The highest BCUT2D eigenvalue weighted by molar-refractivity contribution is 6.32. The van der Waals surface area contributed by atoms with E-state index >= 15 is 0 Å². The van der Waals surface area contributed by atoms with Crippen molar-refractivity contribution in [2.75, 3.05) is 11.9 Å². The van der Waals surface area contributed by atoms with Crippen LogP contribution >= 0.6 is 11.6 Å². The van der Waals surface area contributed by atoms with Gasteiger partial charge in [-0.3, -0.25) is 0 Å². The van der Waals surface area contributed by atoms with Crippen LogP contribution in [0.5, 0.6) is 17.2 Å². The third-order valence-corrected chi connectivity index (χ3v) is 3.12. The maximum Gasteiger partial charge on any atom is 0.162 e. The van der Waals surface area contributed by atoms with E-state index in [9.17, 15) is 10.2 Å². The molecule has 0 amide bonds. The van der Waals surface area contributed by atoms with Gasteiger partial charge in [0.1, 0.15) is 5.75 Å². The molecule has 106 valence electrons. The summed E-state index contributed by atoms with van der Waals surface area (Å²) in [7, 11) is 0. The van der Waals surface area contributed by atoms with E-state index in [0.29, 0.717) is 18.9 Å². The van der Waals surface area contributed by atoms with Gasteiger partial charge in [0.15, 0.2) is 11.5 Å². The monoisotopic (exact) mass is 293 g/mol. The number of aromatic hydroxyl groups is 2. The third kappa shape index (κ3) is 3.27. The lowest BCUT2D eigenvalue weighted by atomic mass is 10.2. The fourth-order valence-electron chi connectivity index (χ4n) is 1.80. The van der Waals surface area contributed by atoms with Crippen LogP contribution in [0.3, 0.4) is 0 Å². The summed E-state index contributed by atoms with van der Waals surface area (Å²) in [5, 5.41) is 22.8. The average Bonchev–Trinajstić information content (AvgIpc) is 2.44. The number of ether oxygens (including phenoxy) is 1. The molecule has 4 nitrogen and oxygen atoms in total. The Kier molecular flexibility index (Phi) is 4.58. The highest BCUT2D eigenvalue weighted by atomic mass is 35.5. The molecule has 5 heteroatoms. The Morgan fingerprint density at radius 1 is 1.20 bits per heavy atom. The summed E-state index contributed by atoms with van der Waals surface area (Å²) < 4.78 is 5.33. The largest absolute Gasteiger partial charge is 0.506 e. The predicted octanol–water partition coefficient (Wildman–Crippen LogP) is 3.76. The minimum absolute atomic E-state index is 0.0402. The van der Waals surface area contributed by atoms with Gasteiger partial charge >= 0.3 is 0 Å². The molecule has 0 spiro atoms. The van der Waals surface area contributed by atoms with Gasteiger partial charge in [0.25, 0.3) is 0 Å². The first kappa shape index (κ1) is 14.3. The van der Waals surface area contributed by atoms with Crippen LogP contribution in [0.4, 0.5) is 5.69 Å². The van der Waals surface area contributed by atoms with Crippen LogP contribution in [0.15, 0.2) is 36.4 Å². The van der Waals surface area contributed by atoms with Gasteiger partial charge in [0.2, 0.25) is 0 Å². The maximum atomic E-state index is 10.1. The summed E-state index contributed by atoms with van der Waals surface area (Å²) in [6.45, 7) is 2.79. The standard InChI is InChI=1S/C15H16ClNO3/c1-2-20-14-5-3-4-10(15(14)19)9-17-11-6-7-13(18)12(16)8-11/h3-8,17-19H,2,9H2,1H3. The predicted molar refractivity (Wildman–Crippen MR) is 79.7 cm³/mol. The molecule has 0 aromatic heterocycles. The second kappa shape index (κ2) is 6.39.